The van der Waals surface area contributed by atoms with Crippen molar-refractivity contribution in [3.63, 3.8) is 0 Å². The van der Waals surface area contributed by atoms with Crippen LogP contribution in [0.3, 0.4) is 0 Å². The Morgan fingerprint density at radius 3 is 2.45 bits per heavy atom. The lowest BCUT2D eigenvalue weighted by Gasteiger charge is -2.20. The minimum Gasteiger partial charge on any atom is -0.395 e. The molecule has 2 N–H and O–H groups in total. The molecule has 1 atom stereocenters. The van der Waals surface area contributed by atoms with Crippen molar-refractivity contribution in [2.45, 2.75) is 31.7 Å². The predicted molar refractivity (Wildman–Crippen MR) is 73.9 cm³/mol. The minimum atomic E-state index is -4.07. The summed E-state index contributed by atoms with van der Waals surface area (Å²) in [4.78, 5) is 9.89. The molecule has 0 aliphatic heterocycles. The zero-order valence-corrected chi connectivity index (χ0v) is 12.3. The van der Waals surface area contributed by atoms with E-state index in [4.69, 9.17) is 0 Å². The monoisotopic (exact) mass is 302 g/mol. The quantitative estimate of drug-likeness (QED) is 0.606. The van der Waals surface area contributed by atoms with E-state index in [1.807, 2.05) is 0 Å². The van der Waals surface area contributed by atoms with Gasteiger partial charge in [-0.25, -0.2) is 13.1 Å². The van der Waals surface area contributed by atoms with Gasteiger partial charge in [-0.1, -0.05) is 26.0 Å². The van der Waals surface area contributed by atoms with E-state index in [-0.39, 0.29) is 23.0 Å². The van der Waals surface area contributed by atoms with Crippen LogP contribution in [-0.2, 0) is 10.0 Å². The van der Waals surface area contributed by atoms with Gasteiger partial charge in [0, 0.05) is 12.1 Å². The van der Waals surface area contributed by atoms with Gasteiger partial charge in [-0.2, -0.15) is 0 Å². The van der Waals surface area contributed by atoms with Gasteiger partial charge in [0.1, 0.15) is 0 Å². The largest absolute Gasteiger partial charge is 0.395 e. The first kappa shape index (κ1) is 16.5. The highest BCUT2D eigenvalue weighted by molar-refractivity contribution is 7.89. The highest BCUT2D eigenvalue weighted by Gasteiger charge is 2.30. The lowest BCUT2D eigenvalue weighted by atomic mass is 10.1. The van der Waals surface area contributed by atoms with Crippen LogP contribution in [0, 0.1) is 23.0 Å². The fourth-order valence-electron chi connectivity index (χ4n) is 1.77. The van der Waals surface area contributed by atoms with Crippen LogP contribution in [0.15, 0.2) is 23.1 Å². The first-order chi connectivity index (χ1) is 9.20. The maximum Gasteiger partial charge on any atom is 0.289 e. The Kier molecular flexibility index (Phi) is 5.21. The molecule has 0 aliphatic rings. The van der Waals surface area contributed by atoms with Gasteiger partial charge < -0.3 is 5.11 Å². The van der Waals surface area contributed by atoms with Crippen molar-refractivity contribution >= 4 is 15.7 Å². The van der Waals surface area contributed by atoms with Gasteiger partial charge in [-0.15, -0.1) is 0 Å². The molecule has 1 aromatic rings. The van der Waals surface area contributed by atoms with Crippen molar-refractivity contribution in [2.24, 2.45) is 5.92 Å². The molecule has 0 aromatic heterocycles. The van der Waals surface area contributed by atoms with Gasteiger partial charge in [0.2, 0.25) is 10.0 Å². The average Bonchev–Trinajstić information content (AvgIpc) is 2.34. The summed E-state index contributed by atoms with van der Waals surface area (Å²) in [6.45, 7) is 4.60. The normalized spacial score (nSPS) is 13.4. The van der Waals surface area contributed by atoms with Crippen LogP contribution in [0.2, 0.25) is 0 Å². The predicted octanol–water partition coefficient (Wildman–Crippen LogP) is 1.20. The molecule has 0 saturated carbocycles. The molecule has 0 spiro atoms. The fourth-order valence-corrected chi connectivity index (χ4v) is 3.55. The van der Waals surface area contributed by atoms with Gasteiger partial charge in [-0.05, 0) is 18.4 Å². The van der Waals surface area contributed by atoms with Crippen LogP contribution in [0.4, 0.5) is 5.69 Å². The molecule has 0 radical (unpaired) electrons. The van der Waals surface area contributed by atoms with Crippen molar-refractivity contribution in [3.8, 4) is 0 Å². The molecule has 0 heterocycles. The third-order valence-electron chi connectivity index (χ3n) is 2.96. The highest BCUT2D eigenvalue weighted by atomic mass is 32.2. The Morgan fingerprint density at radius 1 is 1.40 bits per heavy atom. The smallest absolute Gasteiger partial charge is 0.289 e. The third kappa shape index (κ3) is 3.53. The van der Waals surface area contributed by atoms with Crippen LogP contribution in [0.1, 0.15) is 19.4 Å². The van der Waals surface area contributed by atoms with E-state index in [1.165, 1.54) is 19.1 Å². The Hall–Kier alpha value is -1.51. The van der Waals surface area contributed by atoms with Gasteiger partial charge in [0.25, 0.3) is 5.69 Å². The number of aryl methyl sites for hydroxylation is 1. The molecule has 0 saturated heterocycles. The standard InChI is InChI=1S/C12H18N2O5S/c1-8(2)10(7-15)13-20(18,19)12-9(3)5-4-6-11(12)14(16)17/h4-6,8,10,13,15H,7H2,1-3H3. The zero-order valence-electron chi connectivity index (χ0n) is 11.5. The zero-order chi connectivity index (χ0) is 15.5. The Balaban J connectivity index is 3.32. The molecule has 7 nitrogen and oxygen atoms in total. The summed E-state index contributed by atoms with van der Waals surface area (Å²) < 4.78 is 27.0. The average molecular weight is 302 g/mol. The summed E-state index contributed by atoms with van der Waals surface area (Å²) in [5.41, 5.74) is -0.190. The molecule has 1 rings (SSSR count). The van der Waals surface area contributed by atoms with Gasteiger partial charge in [0.15, 0.2) is 4.90 Å². The fraction of sp³-hybridized carbons (Fsp3) is 0.500. The van der Waals surface area contributed by atoms with E-state index in [0.717, 1.165) is 6.07 Å². The second-order valence-corrected chi connectivity index (χ2v) is 6.49. The number of sulfonamides is 1. The minimum absolute atomic E-state index is 0.141. The first-order valence-electron chi connectivity index (χ1n) is 6.08. The molecular weight excluding hydrogens is 284 g/mol. The van der Waals surface area contributed by atoms with Crippen molar-refractivity contribution in [1.29, 1.82) is 0 Å². The summed E-state index contributed by atoms with van der Waals surface area (Å²) in [7, 11) is -4.07. The molecule has 8 heteroatoms. The van der Waals surface area contributed by atoms with Crippen LogP contribution < -0.4 is 4.72 Å². The molecule has 1 unspecified atom stereocenters. The van der Waals surface area contributed by atoms with Crippen molar-refractivity contribution < 1.29 is 18.4 Å². The topological polar surface area (TPSA) is 110 Å². The maximum atomic E-state index is 12.3. The highest BCUT2D eigenvalue weighted by Crippen LogP contribution is 2.27. The Bertz CT molecular complexity index is 598. The molecule has 0 fully saturated rings. The maximum absolute atomic E-state index is 12.3. The van der Waals surface area contributed by atoms with Crippen molar-refractivity contribution in [1.82, 2.24) is 4.72 Å². The molecule has 0 bridgehead atoms. The summed E-state index contributed by atoms with van der Waals surface area (Å²) in [5.74, 6) is -0.141. The number of aliphatic hydroxyl groups is 1. The lowest BCUT2D eigenvalue weighted by Crippen LogP contribution is -2.41. The van der Waals surface area contributed by atoms with Crippen LogP contribution >= 0.6 is 0 Å². The molecule has 0 amide bonds. The van der Waals surface area contributed by atoms with Crippen molar-refractivity contribution in [2.75, 3.05) is 6.61 Å². The lowest BCUT2D eigenvalue weighted by molar-refractivity contribution is -0.387. The molecule has 112 valence electrons. The van der Waals surface area contributed by atoms with E-state index in [2.05, 4.69) is 4.72 Å². The van der Waals surface area contributed by atoms with E-state index < -0.39 is 26.7 Å². The summed E-state index contributed by atoms with van der Waals surface area (Å²) in [5, 5.41) is 20.2. The SMILES string of the molecule is Cc1cccc([N+](=O)[O-])c1S(=O)(=O)NC(CO)C(C)C. The van der Waals surface area contributed by atoms with Gasteiger partial charge in [0.05, 0.1) is 11.5 Å². The van der Waals surface area contributed by atoms with E-state index in [9.17, 15) is 23.6 Å². The number of nitro groups is 1. The number of nitrogens with one attached hydrogen (secondary N) is 1. The summed E-state index contributed by atoms with van der Waals surface area (Å²) >= 11 is 0. The number of hydrogen-bond acceptors (Lipinski definition) is 5. The van der Waals surface area contributed by atoms with E-state index in [0.29, 0.717) is 0 Å². The Labute approximate surface area is 117 Å². The number of nitrogens with zero attached hydrogens (tertiary/aromatic N) is 1. The van der Waals surface area contributed by atoms with Gasteiger partial charge >= 0.3 is 0 Å². The van der Waals surface area contributed by atoms with Crippen LogP contribution in [0.5, 0.6) is 0 Å². The number of nitro benzene ring substituents is 1. The summed E-state index contributed by atoms with van der Waals surface area (Å²) in [6, 6.07) is 3.37. The number of hydrogen-bond donors (Lipinski definition) is 2. The second-order valence-electron chi connectivity index (χ2n) is 4.83. The molecule has 20 heavy (non-hydrogen) atoms. The van der Waals surface area contributed by atoms with Gasteiger partial charge in [-0.3, -0.25) is 10.1 Å². The van der Waals surface area contributed by atoms with Crippen LogP contribution in [-0.4, -0.2) is 31.1 Å². The van der Waals surface area contributed by atoms with E-state index >= 15 is 0 Å². The number of rotatable bonds is 6. The molecular formula is C12H18N2O5S. The number of aliphatic hydroxyl groups excluding tert-OH is 1. The van der Waals surface area contributed by atoms with Crippen molar-refractivity contribution in [3.05, 3.63) is 33.9 Å². The Morgan fingerprint density at radius 2 is 2.00 bits per heavy atom. The molecule has 1 aromatic carbocycles. The number of benzene rings is 1. The first-order valence-corrected chi connectivity index (χ1v) is 7.56. The van der Waals surface area contributed by atoms with E-state index in [1.54, 1.807) is 13.8 Å². The third-order valence-corrected chi connectivity index (χ3v) is 4.65. The second kappa shape index (κ2) is 6.29. The molecule has 0 aliphatic carbocycles. The summed E-state index contributed by atoms with van der Waals surface area (Å²) in [6.07, 6.45) is 0. The van der Waals surface area contributed by atoms with Crippen LogP contribution in [0.25, 0.3) is 0 Å².